The van der Waals surface area contributed by atoms with E-state index in [2.05, 4.69) is 0 Å². The molecule has 2 atom stereocenters. The van der Waals surface area contributed by atoms with Crippen LogP contribution in [0.4, 0.5) is 18.9 Å². The number of rotatable bonds is 7. The molecular formula is C21H19F3N2O5. The molecule has 2 aromatic carbocycles. The summed E-state index contributed by atoms with van der Waals surface area (Å²) >= 11 is 0. The molecule has 2 amide bonds. The number of anilines is 1. The number of likely N-dealkylation sites (tertiary alicyclic amines) is 1. The molecular weight excluding hydrogens is 417 g/mol. The van der Waals surface area contributed by atoms with Crippen molar-refractivity contribution in [3.05, 3.63) is 54.6 Å². The minimum Gasteiger partial charge on any atom is -0.480 e. The Hall–Kier alpha value is -3.56. The maximum absolute atomic E-state index is 13.0. The second-order valence-corrected chi connectivity index (χ2v) is 7.02. The number of carboxylic acid groups (broad SMARTS) is 1. The van der Waals surface area contributed by atoms with E-state index < -0.39 is 49.5 Å². The van der Waals surface area contributed by atoms with Crippen molar-refractivity contribution in [1.29, 1.82) is 0 Å². The summed E-state index contributed by atoms with van der Waals surface area (Å²) in [5.41, 5.74) is 0.308. The van der Waals surface area contributed by atoms with Gasteiger partial charge in [-0.1, -0.05) is 18.2 Å². The first kappa shape index (κ1) is 22.1. The lowest BCUT2D eigenvalue weighted by Gasteiger charge is -2.25. The Kier molecular flexibility index (Phi) is 6.47. The van der Waals surface area contributed by atoms with E-state index in [9.17, 15) is 32.7 Å². The van der Waals surface area contributed by atoms with Crippen molar-refractivity contribution in [3.63, 3.8) is 0 Å². The van der Waals surface area contributed by atoms with Crippen molar-refractivity contribution in [2.45, 2.75) is 18.6 Å². The lowest BCUT2D eigenvalue weighted by molar-refractivity contribution is -0.171. The van der Waals surface area contributed by atoms with E-state index in [4.69, 9.17) is 4.74 Å². The Bertz CT molecular complexity index is 934. The summed E-state index contributed by atoms with van der Waals surface area (Å²) in [4.78, 5) is 37.1. The summed E-state index contributed by atoms with van der Waals surface area (Å²) in [6.45, 7) is -1.34. The molecule has 0 saturated carbocycles. The Labute approximate surface area is 175 Å². The van der Waals surface area contributed by atoms with Crippen LogP contribution in [0.1, 0.15) is 6.42 Å². The molecule has 1 heterocycles. The van der Waals surface area contributed by atoms with Gasteiger partial charge < -0.3 is 19.6 Å². The number of halogens is 3. The molecule has 0 spiro atoms. The molecule has 1 aliphatic rings. The van der Waals surface area contributed by atoms with E-state index in [1.807, 2.05) is 6.07 Å². The number of carbonyl (C=O) groups is 3. The average molecular weight is 436 g/mol. The first-order valence-electron chi connectivity index (χ1n) is 9.33. The predicted molar refractivity (Wildman–Crippen MR) is 104 cm³/mol. The molecule has 1 aliphatic heterocycles. The van der Waals surface area contributed by atoms with Gasteiger partial charge in [0.25, 0.3) is 0 Å². The highest BCUT2D eigenvalue weighted by Gasteiger charge is 2.51. The third-order valence-electron chi connectivity index (χ3n) is 4.95. The van der Waals surface area contributed by atoms with Crippen LogP contribution in [-0.4, -0.2) is 53.6 Å². The number of benzene rings is 2. The van der Waals surface area contributed by atoms with Gasteiger partial charge in [0.05, 0.1) is 5.92 Å². The zero-order valence-corrected chi connectivity index (χ0v) is 16.2. The predicted octanol–water partition coefficient (Wildman–Crippen LogP) is 3.31. The fourth-order valence-electron chi connectivity index (χ4n) is 3.34. The maximum atomic E-state index is 13.0. The second kappa shape index (κ2) is 9.07. The monoisotopic (exact) mass is 436 g/mol. The molecule has 3 rings (SSSR count). The van der Waals surface area contributed by atoms with Crippen LogP contribution in [0.5, 0.6) is 11.5 Å². The first-order chi connectivity index (χ1) is 14.7. The molecule has 2 aromatic rings. The van der Waals surface area contributed by atoms with Crippen LogP contribution in [0, 0.1) is 5.92 Å². The van der Waals surface area contributed by atoms with Gasteiger partial charge in [-0.3, -0.25) is 9.59 Å². The summed E-state index contributed by atoms with van der Waals surface area (Å²) in [7, 11) is 0. The number of nitrogens with zero attached hydrogens (tertiary/aromatic N) is 2. The van der Waals surface area contributed by atoms with Crippen LogP contribution < -0.4 is 9.64 Å². The molecule has 0 bridgehead atoms. The summed E-state index contributed by atoms with van der Waals surface area (Å²) in [5, 5.41) is 9.22. The zero-order chi connectivity index (χ0) is 22.6. The minimum absolute atomic E-state index is 0.308. The van der Waals surface area contributed by atoms with E-state index in [-0.39, 0.29) is 0 Å². The summed E-state index contributed by atoms with van der Waals surface area (Å²) in [6, 6.07) is 13.5. The third-order valence-corrected chi connectivity index (χ3v) is 4.95. The van der Waals surface area contributed by atoms with Gasteiger partial charge in [-0.2, -0.15) is 13.2 Å². The van der Waals surface area contributed by atoms with Gasteiger partial charge >= 0.3 is 12.1 Å². The van der Waals surface area contributed by atoms with Gasteiger partial charge in [0, 0.05) is 12.2 Å². The van der Waals surface area contributed by atoms with Crippen molar-refractivity contribution >= 4 is 24.0 Å². The van der Waals surface area contributed by atoms with Crippen molar-refractivity contribution in [1.82, 2.24) is 4.90 Å². The Morgan fingerprint density at radius 1 is 1.10 bits per heavy atom. The van der Waals surface area contributed by atoms with Gasteiger partial charge in [0.2, 0.25) is 12.3 Å². The number of ether oxygens (including phenoxy) is 1. The van der Waals surface area contributed by atoms with Crippen LogP contribution in [0.25, 0.3) is 0 Å². The van der Waals surface area contributed by atoms with E-state index in [0.717, 1.165) is 4.90 Å². The quantitative estimate of drug-likeness (QED) is 0.673. The average Bonchev–Trinajstić information content (AvgIpc) is 3.20. The SMILES string of the molecule is O=CN(CC(=O)N1C[C@H](C(F)(F)F)C[C@H]1C(=O)O)c1ccc(Oc2ccccc2)cc1. The van der Waals surface area contributed by atoms with Gasteiger partial charge in [-0.15, -0.1) is 0 Å². The van der Waals surface area contributed by atoms with E-state index in [1.165, 1.54) is 12.1 Å². The largest absolute Gasteiger partial charge is 0.480 e. The molecule has 10 heteroatoms. The summed E-state index contributed by atoms with van der Waals surface area (Å²) in [6.07, 6.45) is -4.96. The molecule has 0 unspecified atom stereocenters. The Morgan fingerprint density at radius 2 is 1.71 bits per heavy atom. The number of aliphatic carboxylic acids is 1. The van der Waals surface area contributed by atoms with E-state index in [0.29, 0.717) is 28.5 Å². The molecule has 0 aromatic heterocycles. The van der Waals surface area contributed by atoms with Crippen LogP contribution >= 0.6 is 0 Å². The first-order valence-corrected chi connectivity index (χ1v) is 9.33. The summed E-state index contributed by atoms with van der Waals surface area (Å²) in [5.74, 6) is -3.23. The van der Waals surface area contributed by atoms with Crippen LogP contribution in [0.15, 0.2) is 54.6 Å². The molecule has 1 N–H and O–H groups in total. The van der Waals surface area contributed by atoms with Crippen LogP contribution in [-0.2, 0) is 14.4 Å². The molecule has 1 saturated heterocycles. The number of alkyl halides is 3. The third kappa shape index (κ3) is 5.33. The zero-order valence-electron chi connectivity index (χ0n) is 16.2. The standard InChI is InChI=1S/C21H19F3N2O5/c22-21(23,24)14-10-18(20(29)30)26(11-14)19(28)12-25(13-27)15-6-8-17(9-7-15)31-16-4-2-1-3-5-16/h1-9,13-14,18H,10-12H2,(H,29,30)/t14-,18+/m1/s1. The lowest BCUT2D eigenvalue weighted by atomic mass is 10.1. The number of carboxylic acids is 1. The lowest BCUT2D eigenvalue weighted by Crippen LogP contribution is -2.45. The van der Waals surface area contributed by atoms with Gasteiger partial charge in [0.1, 0.15) is 24.1 Å². The highest BCUT2D eigenvalue weighted by molar-refractivity contribution is 5.91. The number of carbonyl (C=O) groups excluding carboxylic acids is 2. The fourth-order valence-corrected chi connectivity index (χ4v) is 3.34. The highest BCUT2D eigenvalue weighted by Crippen LogP contribution is 2.37. The molecule has 0 radical (unpaired) electrons. The van der Waals surface area contributed by atoms with E-state index >= 15 is 0 Å². The van der Waals surface area contributed by atoms with Gasteiger partial charge in [-0.25, -0.2) is 4.79 Å². The van der Waals surface area contributed by atoms with Crippen molar-refractivity contribution in [2.24, 2.45) is 5.92 Å². The molecule has 7 nitrogen and oxygen atoms in total. The van der Waals surface area contributed by atoms with Crippen molar-refractivity contribution in [2.75, 3.05) is 18.0 Å². The normalized spacial score (nSPS) is 18.5. The van der Waals surface area contributed by atoms with Gasteiger partial charge in [-0.05, 0) is 42.8 Å². The molecule has 1 fully saturated rings. The second-order valence-electron chi connectivity index (χ2n) is 7.02. The van der Waals surface area contributed by atoms with Crippen LogP contribution in [0.3, 0.4) is 0 Å². The van der Waals surface area contributed by atoms with Crippen molar-refractivity contribution in [3.8, 4) is 11.5 Å². The maximum Gasteiger partial charge on any atom is 0.393 e. The number of hydrogen-bond acceptors (Lipinski definition) is 4. The minimum atomic E-state index is -4.61. The van der Waals surface area contributed by atoms with Crippen molar-refractivity contribution < 1.29 is 37.4 Å². The fraction of sp³-hybridized carbons (Fsp3) is 0.286. The summed E-state index contributed by atoms with van der Waals surface area (Å²) < 4.78 is 44.7. The highest BCUT2D eigenvalue weighted by atomic mass is 19.4. The number of para-hydroxylation sites is 1. The molecule has 31 heavy (non-hydrogen) atoms. The topological polar surface area (TPSA) is 87.2 Å². The molecule has 164 valence electrons. The Balaban J connectivity index is 1.69. The van der Waals surface area contributed by atoms with Crippen LogP contribution in [0.2, 0.25) is 0 Å². The molecule has 0 aliphatic carbocycles. The smallest absolute Gasteiger partial charge is 0.393 e. The van der Waals surface area contributed by atoms with Gasteiger partial charge in [0.15, 0.2) is 0 Å². The number of amides is 2. The van der Waals surface area contributed by atoms with E-state index in [1.54, 1.807) is 36.4 Å². The number of hydrogen-bond donors (Lipinski definition) is 1. The Morgan fingerprint density at radius 3 is 2.26 bits per heavy atom.